The molecule has 0 radical (unpaired) electrons. The monoisotopic (exact) mass is 390 g/mol. The molecule has 0 aliphatic carbocycles. The molecule has 2 rings (SSSR count). The SMILES string of the molecule is CC(C)Oc1ccc(C(=O)NCC(=O)OCC(=O)NCc2cccs2)cc1. The molecule has 2 N–H and O–H groups in total. The molecular formula is C19H22N2O5S. The van der Waals surface area contributed by atoms with E-state index in [1.165, 1.54) is 11.3 Å². The lowest BCUT2D eigenvalue weighted by atomic mass is 10.2. The van der Waals surface area contributed by atoms with Gasteiger partial charge >= 0.3 is 5.97 Å². The topological polar surface area (TPSA) is 93.7 Å². The molecule has 7 nitrogen and oxygen atoms in total. The van der Waals surface area contributed by atoms with Crippen molar-refractivity contribution in [2.75, 3.05) is 13.2 Å². The van der Waals surface area contributed by atoms with Crippen LogP contribution in [0.1, 0.15) is 29.1 Å². The molecule has 2 aromatic rings. The van der Waals surface area contributed by atoms with E-state index in [1.807, 2.05) is 31.4 Å². The lowest BCUT2D eigenvalue weighted by Crippen LogP contribution is -2.33. The van der Waals surface area contributed by atoms with E-state index in [0.29, 0.717) is 17.9 Å². The van der Waals surface area contributed by atoms with Crippen molar-refractivity contribution in [3.8, 4) is 5.75 Å². The number of carbonyl (C=O) groups excluding carboxylic acids is 3. The molecule has 1 heterocycles. The van der Waals surface area contributed by atoms with E-state index >= 15 is 0 Å². The first-order chi connectivity index (χ1) is 12.9. The van der Waals surface area contributed by atoms with Gasteiger partial charge in [-0.3, -0.25) is 14.4 Å². The summed E-state index contributed by atoms with van der Waals surface area (Å²) in [5.41, 5.74) is 0.396. The average molecular weight is 390 g/mol. The number of carbonyl (C=O) groups is 3. The minimum Gasteiger partial charge on any atom is -0.491 e. The highest BCUT2D eigenvalue weighted by molar-refractivity contribution is 7.09. The Morgan fingerprint density at radius 1 is 1.07 bits per heavy atom. The first-order valence-corrected chi connectivity index (χ1v) is 9.31. The van der Waals surface area contributed by atoms with E-state index < -0.39 is 17.8 Å². The number of nitrogens with one attached hydrogen (secondary N) is 2. The number of rotatable bonds is 9. The highest BCUT2D eigenvalue weighted by atomic mass is 32.1. The molecule has 2 amide bonds. The summed E-state index contributed by atoms with van der Waals surface area (Å²) >= 11 is 1.52. The Balaban J connectivity index is 1.66. The van der Waals surface area contributed by atoms with Crippen LogP contribution in [0.3, 0.4) is 0 Å². The Kier molecular flexibility index (Phi) is 7.81. The number of hydrogen-bond acceptors (Lipinski definition) is 6. The van der Waals surface area contributed by atoms with Gasteiger partial charge in [0.05, 0.1) is 12.6 Å². The number of ether oxygens (including phenoxy) is 2. The number of amides is 2. The summed E-state index contributed by atoms with van der Waals surface area (Å²) in [5.74, 6) is -0.835. The molecule has 1 aromatic carbocycles. The Bertz CT molecular complexity index is 757. The zero-order chi connectivity index (χ0) is 19.6. The van der Waals surface area contributed by atoms with Gasteiger partial charge in [-0.1, -0.05) is 6.07 Å². The third-order valence-electron chi connectivity index (χ3n) is 3.29. The summed E-state index contributed by atoms with van der Waals surface area (Å²) in [6, 6.07) is 10.4. The molecule has 144 valence electrons. The van der Waals surface area contributed by atoms with E-state index in [2.05, 4.69) is 10.6 Å². The molecule has 0 bridgehead atoms. The molecule has 27 heavy (non-hydrogen) atoms. The van der Waals surface area contributed by atoms with Gasteiger partial charge in [-0.05, 0) is 49.6 Å². The highest BCUT2D eigenvalue weighted by Gasteiger charge is 2.11. The molecular weight excluding hydrogens is 368 g/mol. The largest absolute Gasteiger partial charge is 0.491 e. The van der Waals surface area contributed by atoms with E-state index in [-0.39, 0.29) is 19.3 Å². The summed E-state index contributed by atoms with van der Waals surface area (Å²) in [6.07, 6.45) is 0.0435. The molecule has 0 spiro atoms. The summed E-state index contributed by atoms with van der Waals surface area (Å²) < 4.78 is 10.3. The second kappa shape index (κ2) is 10.3. The molecule has 8 heteroatoms. The lowest BCUT2D eigenvalue weighted by Gasteiger charge is -2.10. The third-order valence-corrected chi connectivity index (χ3v) is 4.16. The highest BCUT2D eigenvalue weighted by Crippen LogP contribution is 2.13. The van der Waals surface area contributed by atoms with Crippen LogP contribution in [0.5, 0.6) is 5.75 Å². The fourth-order valence-corrected chi connectivity index (χ4v) is 2.70. The average Bonchev–Trinajstić information content (AvgIpc) is 3.16. The second-order valence-electron chi connectivity index (χ2n) is 5.89. The van der Waals surface area contributed by atoms with Crippen LogP contribution in [0.15, 0.2) is 41.8 Å². The zero-order valence-electron chi connectivity index (χ0n) is 15.2. The van der Waals surface area contributed by atoms with E-state index in [1.54, 1.807) is 24.3 Å². The predicted molar refractivity (Wildman–Crippen MR) is 102 cm³/mol. The van der Waals surface area contributed by atoms with Crippen molar-refractivity contribution in [2.45, 2.75) is 26.5 Å². The maximum atomic E-state index is 12.0. The van der Waals surface area contributed by atoms with Gasteiger partial charge in [0.15, 0.2) is 6.61 Å². The smallest absolute Gasteiger partial charge is 0.325 e. The van der Waals surface area contributed by atoms with Crippen molar-refractivity contribution in [1.82, 2.24) is 10.6 Å². The van der Waals surface area contributed by atoms with Crippen LogP contribution in [0, 0.1) is 0 Å². The summed E-state index contributed by atoms with van der Waals surface area (Å²) in [6.45, 7) is 3.51. The predicted octanol–water partition coefficient (Wildman–Crippen LogP) is 2.12. The van der Waals surface area contributed by atoms with Gasteiger partial charge in [0.2, 0.25) is 0 Å². The van der Waals surface area contributed by atoms with Gasteiger partial charge in [-0.25, -0.2) is 0 Å². The van der Waals surface area contributed by atoms with E-state index in [9.17, 15) is 14.4 Å². The molecule has 0 aliphatic heterocycles. The Hall–Kier alpha value is -2.87. The number of thiophene rings is 1. The zero-order valence-corrected chi connectivity index (χ0v) is 16.0. The maximum Gasteiger partial charge on any atom is 0.325 e. The van der Waals surface area contributed by atoms with Gasteiger partial charge < -0.3 is 20.1 Å². The van der Waals surface area contributed by atoms with Crippen LogP contribution in [-0.2, 0) is 20.9 Å². The van der Waals surface area contributed by atoms with Crippen LogP contribution in [0.4, 0.5) is 0 Å². The van der Waals surface area contributed by atoms with Crippen molar-refractivity contribution in [3.63, 3.8) is 0 Å². The fraction of sp³-hybridized carbons (Fsp3) is 0.316. The van der Waals surface area contributed by atoms with Crippen LogP contribution < -0.4 is 15.4 Å². The van der Waals surface area contributed by atoms with Crippen molar-refractivity contribution >= 4 is 29.1 Å². The molecule has 0 fully saturated rings. The number of hydrogen-bond donors (Lipinski definition) is 2. The van der Waals surface area contributed by atoms with Gasteiger partial charge in [0.25, 0.3) is 11.8 Å². The van der Waals surface area contributed by atoms with Gasteiger partial charge in [-0.2, -0.15) is 0 Å². The Morgan fingerprint density at radius 3 is 2.44 bits per heavy atom. The quantitative estimate of drug-likeness (QED) is 0.640. The number of benzene rings is 1. The van der Waals surface area contributed by atoms with Gasteiger partial charge in [0, 0.05) is 10.4 Å². The molecule has 0 saturated heterocycles. The summed E-state index contributed by atoms with van der Waals surface area (Å²) in [7, 11) is 0. The first-order valence-electron chi connectivity index (χ1n) is 8.43. The van der Waals surface area contributed by atoms with Gasteiger partial charge in [0.1, 0.15) is 12.3 Å². The number of esters is 1. The Labute approximate surface area is 161 Å². The van der Waals surface area contributed by atoms with Crippen molar-refractivity contribution in [1.29, 1.82) is 0 Å². The minimum absolute atomic E-state index is 0.0435. The standard InChI is InChI=1S/C19H22N2O5S/c1-13(2)26-15-7-5-14(6-8-15)19(24)21-11-18(23)25-12-17(22)20-10-16-4-3-9-27-16/h3-9,13H,10-12H2,1-2H3,(H,20,22)(H,21,24). The maximum absolute atomic E-state index is 12.0. The molecule has 1 aromatic heterocycles. The molecule has 0 aliphatic rings. The normalized spacial score (nSPS) is 10.3. The minimum atomic E-state index is -0.686. The van der Waals surface area contributed by atoms with Crippen LogP contribution in [-0.4, -0.2) is 37.0 Å². The third kappa shape index (κ3) is 7.49. The van der Waals surface area contributed by atoms with Crippen LogP contribution >= 0.6 is 11.3 Å². The van der Waals surface area contributed by atoms with Crippen molar-refractivity contribution in [2.24, 2.45) is 0 Å². The molecule has 0 unspecified atom stereocenters. The fourth-order valence-electron chi connectivity index (χ4n) is 2.06. The molecule has 0 atom stereocenters. The Morgan fingerprint density at radius 2 is 1.81 bits per heavy atom. The van der Waals surface area contributed by atoms with Gasteiger partial charge in [-0.15, -0.1) is 11.3 Å². The summed E-state index contributed by atoms with van der Waals surface area (Å²) in [5, 5.41) is 7.01. The van der Waals surface area contributed by atoms with E-state index in [0.717, 1.165) is 4.88 Å². The van der Waals surface area contributed by atoms with Crippen molar-refractivity contribution in [3.05, 3.63) is 52.2 Å². The van der Waals surface area contributed by atoms with Crippen molar-refractivity contribution < 1.29 is 23.9 Å². The first kappa shape index (κ1) is 20.4. The van der Waals surface area contributed by atoms with Crippen LogP contribution in [0.2, 0.25) is 0 Å². The lowest BCUT2D eigenvalue weighted by molar-refractivity contribution is -0.147. The second-order valence-corrected chi connectivity index (χ2v) is 6.92. The molecule has 0 saturated carbocycles. The summed E-state index contributed by atoms with van der Waals surface area (Å²) in [4.78, 5) is 36.3. The van der Waals surface area contributed by atoms with Crippen LogP contribution in [0.25, 0.3) is 0 Å². The van der Waals surface area contributed by atoms with E-state index in [4.69, 9.17) is 9.47 Å².